The van der Waals surface area contributed by atoms with Gasteiger partial charge in [0.05, 0.1) is 12.6 Å². The number of aliphatic hydroxyl groups is 1. The Labute approximate surface area is 82.5 Å². The van der Waals surface area contributed by atoms with Gasteiger partial charge in [-0.25, -0.2) is 0 Å². The van der Waals surface area contributed by atoms with Crippen LogP contribution in [0.15, 0.2) is 18.2 Å². The van der Waals surface area contributed by atoms with Crippen molar-refractivity contribution in [3.8, 4) is 11.5 Å². The predicted molar refractivity (Wildman–Crippen MR) is 51.5 cm³/mol. The fraction of sp³-hybridized carbons (Fsp3) is 0.400. The fourth-order valence-corrected chi connectivity index (χ4v) is 1.57. The molecule has 4 heteroatoms. The number of nitrogens with one attached hydrogen (secondary N) is 1. The second-order valence-electron chi connectivity index (χ2n) is 3.10. The van der Waals surface area contributed by atoms with Crippen molar-refractivity contribution in [2.45, 2.75) is 6.04 Å². The molecule has 0 fully saturated rings. The van der Waals surface area contributed by atoms with E-state index < -0.39 is 0 Å². The average molecular weight is 195 g/mol. The van der Waals surface area contributed by atoms with Crippen molar-refractivity contribution in [3.63, 3.8) is 0 Å². The Morgan fingerprint density at radius 2 is 2.36 bits per heavy atom. The van der Waals surface area contributed by atoms with Crippen LogP contribution in [0.25, 0.3) is 0 Å². The van der Waals surface area contributed by atoms with Crippen LogP contribution in [0.4, 0.5) is 0 Å². The molecule has 0 spiro atoms. The number of benzene rings is 1. The fourth-order valence-electron chi connectivity index (χ4n) is 1.57. The maximum atomic E-state index is 9.15. The zero-order valence-corrected chi connectivity index (χ0v) is 7.99. The van der Waals surface area contributed by atoms with Crippen molar-refractivity contribution in [1.82, 2.24) is 5.32 Å². The van der Waals surface area contributed by atoms with Crippen molar-refractivity contribution in [1.29, 1.82) is 0 Å². The molecule has 0 amide bonds. The second kappa shape index (κ2) is 3.86. The molecule has 0 aromatic heterocycles. The molecule has 0 bridgehead atoms. The molecule has 1 aliphatic rings. The van der Waals surface area contributed by atoms with E-state index in [-0.39, 0.29) is 19.4 Å². The van der Waals surface area contributed by atoms with Gasteiger partial charge >= 0.3 is 0 Å². The summed E-state index contributed by atoms with van der Waals surface area (Å²) < 4.78 is 10.6. The topological polar surface area (TPSA) is 50.7 Å². The highest BCUT2D eigenvalue weighted by molar-refractivity contribution is 5.49. The molecule has 0 saturated heterocycles. The van der Waals surface area contributed by atoms with E-state index >= 15 is 0 Å². The van der Waals surface area contributed by atoms with Crippen LogP contribution in [0.1, 0.15) is 11.6 Å². The minimum absolute atomic E-state index is 0.0380. The molecular weight excluding hydrogens is 182 g/mol. The summed E-state index contributed by atoms with van der Waals surface area (Å²) in [5, 5.41) is 12.2. The molecule has 76 valence electrons. The zero-order chi connectivity index (χ0) is 9.97. The first kappa shape index (κ1) is 9.30. The number of hydrogen-bond acceptors (Lipinski definition) is 4. The van der Waals surface area contributed by atoms with Gasteiger partial charge in [-0.3, -0.25) is 0 Å². The normalized spacial score (nSPS) is 15.6. The Balaban J connectivity index is 2.38. The minimum Gasteiger partial charge on any atom is -0.454 e. The lowest BCUT2D eigenvalue weighted by atomic mass is 10.1. The summed E-state index contributed by atoms with van der Waals surface area (Å²) in [6.45, 7) is 0.296. The van der Waals surface area contributed by atoms with Crippen LogP contribution in [0.5, 0.6) is 11.5 Å². The van der Waals surface area contributed by atoms with Crippen molar-refractivity contribution >= 4 is 0 Å². The van der Waals surface area contributed by atoms with Crippen molar-refractivity contribution in [2.24, 2.45) is 0 Å². The summed E-state index contributed by atoms with van der Waals surface area (Å²) in [6, 6.07) is 5.57. The molecule has 1 atom stereocenters. The van der Waals surface area contributed by atoms with E-state index in [0.717, 1.165) is 17.1 Å². The molecule has 1 heterocycles. The van der Waals surface area contributed by atoms with Gasteiger partial charge in [0.2, 0.25) is 6.79 Å². The van der Waals surface area contributed by atoms with Crippen LogP contribution in [0, 0.1) is 0 Å². The van der Waals surface area contributed by atoms with E-state index in [4.69, 9.17) is 14.6 Å². The largest absolute Gasteiger partial charge is 0.454 e. The second-order valence-corrected chi connectivity index (χ2v) is 3.10. The highest BCUT2D eigenvalue weighted by Gasteiger charge is 2.21. The van der Waals surface area contributed by atoms with Gasteiger partial charge < -0.3 is 19.9 Å². The molecule has 1 aromatic rings. The van der Waals surface area contributed by atoms with E-state index in [1.165, 1.54) is 0 Å². The van der Waals surface area contributed by atoms with Gasteiger partial charge in [-0.1, -0.05) is 12.1 Å². The van der Waals surface area contributed by atoms with Crippen molar-refractivity contribution in [3.05, 3.63) is 23.8 Å². The third-order valence-electron chi connectivity index (χ3n) is 2.33. The van der Waals surface area contributed by atoms with Gasteiger partial charge in [0, 0.05) is 5.56 Å². The van der Waals surface area contributed by atoms with Crippen LogP contribution >= 0.6 is 0 Å². The summed E-state index contributed by atoms with van der Waals surface area (Å²) in [7, 11) is 1.80. The Kier molecular flexibility index (Phi) is 2.56. The first-order valence-corrected chi connectivity index (χ1v) is 4.53. The molecule has 1 aliphatic heterocycles. The predicted octanol–water partition coefficient (Wildman–Crippen LogP) is 0.668. The molecule has 0 aliphatic carbocycles. The molecular formula is C10H13NO3. The molecule has 4 nitrogen and oxygen atoms in total. The number of fused-ring (bicyclic) bond motifs is 1. The van der Waals surface area contributed by atoms with Crippen molar-refractivity contribution < 1.29 is 14.6 Å². The maximum absolute atomic E-state index is 9.15. The molecule has 1 aromatic carbocycles. The Morgan fingerprint density at radius 3 is 3.07 bits per heavy atom. The standard InChI is InChI=1S/C10H13NO3/c1-11-8(5-12)7-3-2-4-9-10(7)14-6-13-9/h2-4,8,11-12H,5-6H2,1H3/t8-/m1/s1. The summed E-state index contributed by atoms with van der Waals surface area (Å²) in [6.07, 6.45) is 0. The monoisotopic (exact) mass is 195 g/mol. The lowest BCUT2D eigenvalue weighted by Gasteiger charge is -2.15. The summed E-state index contributed by atoms with van der Waals surface area (Å²) in [5.41, 5.74) is 0.935. The molecule has 2 N–H and O–H groups in total. The number of hydrogen-bond donors (Lipinski definition) is 2. The maximum Gasteiger partial charge on any atom is 0.231 e. The minimum atomic E-state index is -0.105. The van der Waals surface area contributed by atoms with Crippen LogP contribution in [-0.2, 0) is 0 Å². The molecule has 0 saturated carbocycles. The zero-order valence-electron chi connectivity index (χ0n) is 7.99. The van der Waals surface area contributed by atoms with Gasteiger partial charge in [0.1, 0.15) is 0 Å². The third-order valence-corrected chi connectivity index (χ3v) is 2.33. The average Bonchev–Trinajstić information content (AvgIpc) is 2.68. The number of ether oxygens (including phenoxy) is 2. The van der Waals surface area contributed by atoms with Gasteiger partial charge in [-0.05, 0) is 13.1 Å². The van der Waals surface area contributed by atoms with Gasteiger partial charge in [-0.15, -0.1) is 0 Å². The first-order chi connectivity index (χ1) is 6.86. The number of aliphatic hydroxyl groups excluding tert-OH is 1. The van der Waals surface area contributed by atoms with Gasteiger partial charge in [0.25, 0.3) is 0 Å². The van der Waals surface area contributed by atoms with Crippen LogP contribution in [0.2, 0.25) is 0 Å². The van der Waals surface area contributed by atoms with Crippen LogP contribution < -0.4 is 14.8 Å². The lowest BCUT2D eigenvalue weighted by Crippen LogP contribution is -2.20. The lowest BCUT2D eigenvalue weighted by molar-refractivity contribution is 0.171. The van der Waals surface area contributed by atoms with Crippen molar-refractivity contribution in [2.75, 3.05) is 20.4 Å². The van der Waals surface area contributed by atoms with E-state index in [0.29, 0.717) is 0 Å². The Morgan fingerprint density at radius 1 is 1.50 bits per heavy atom. The number of para-hydroxylation sites is 1. The van der Waals surface area contributed by atoms with Gasteiger partial charge in [0.15, 0.2) is 11.5 Å². The van der Waals surface area contributed by atoms with E-state index in [9.17, 15) is 0 Å². The third kappa shape index (κ3) is 1.42. The Hall–Kier alpha value is -1.26. The quantitative estimate of drug-likeness (QED) is 0.744. The van der Waals surface area contributed by atoms with E-state index in [1.54, 1.807) is 7.05 Å². The van der Waals surface area contributed by atoms with Crippen LogP contribution in [0.3, 0.4) is 0 Å². The molecule has 14 heavy (non-hydrogen) atoms. The first-order valence-electron chi connectivity index (χ1n) is 4.53. The highest BCUT2D eigenvalue weighted by Crippen LogP contribution is 2.38. The summed E-state index contributed by atoms with van der Waals surface area (Å²) in [5.74, 6) is 1.48. The number of likely N-dealkylation sites (N-methyl/N-ethyl adjacent to an activating group) is 1. The smallest absolute Gasteiger partial charge is 0.231 e. The summed E-state index contributed by atoms with van der Waals surface area (Å²) in [4.78, 5) is 0. The molecule has 0 radical (unpaired) electrons. The number of rotatable bonds is 3. The van der Waals surface area contributed by atoms with Crippen LogP contribution in [-0.4, -0.2) is 25.6 Å². The molecule has 2 rings (SSSR count). The summed E-state index contributed by atoms with van der Waals surface area (Å²) >= 11 is 0. The Bertz CT molecular complexity index is 323. The SMILES string of the molecule is CN[C@H](CO)c1cccc2c1OCO2. The van der Waals surface area contributed by atoms with E-state index in [1.807, 2.05) is 18.2 Å². The van der Waals surface area contributed by atoms with E-state index in [2.05, 4.69) is 5.32 Å². The highest BCUT2D eigenvalue weighted by atomic mass is 16.7. The van der Waals surface area contributed by atoms with Gasteiger partial charge in [-0.2, -0.15) is 0 Å². The molecule has 0 unspecified atom stereocenters.